The molecule has 104 valence electrons. The lowest BCUT2D eigenvalue weighted by molar-refractivity contribution is 0.0118. The van der Waals surface area contributed by atoms with Gasteiger partial charge in [0.15, 0.2) is 5.69 Å². The molecular formula is C14H19NO4. The van der Waals surface area contributed by atoms with Gasteiger partial charge < -0.3 is 14.3 Å². The number of fused-ring (bicyclic) bond motifs is 2. The van der Waals surface area contributed by atoms with Gasteiger partial charge in [-0.3, -0.25) is 0 Å². The third-order valence-electron chi connectivity index (χ3n) is 5.66. The Kier molecular flexibility index (Phi) is 2.46. The minimum atomic E-state index is -1.10. The van der Waals surface area contributed by atoms with Gasteiger partial charge in [-0.1, -0.05) is 20.8 Å². The number of aromatic carboxylic acids is 1. The fraction of sp³-hybridized carbons (Fsp3) is 0.714. The summed E-state index contributed by atoms with van der Waals surface area (Å²) in [6, 6.07) is 0. The zero-order valence-electron chi connectivity index (χ0n) is 11.5. The Balaban J connectivity index is 1.80. The third kappa shape index (κ3) is 1.60. The van der Waals surface area contributed by atoms with Gasteiger partial charge in [0.1, 0.15) is 12.4 Å². The molecule has 1 N–H and O–H groups in total. The molecule has 2 fully saturated rings. The van der Waals surface area contributed by atoms with E-state index in [0.29, 0.717) is 5.92 Å². The first-order valence-corrected chi connectivity index (χ1v) is 6.70. The molecule has 1 aromatic rings. The van der Waals surface area contributed by atoms with Crippen LogP contribution in [0.25, 0.3) is 0 Å². The zero-order chi connectivity index (χ0) is 13.8. The van der Waals surface area contributed by atoms with Gasteiger partial charge in [0.05, 0.1) is 0 Å². The molecule has 19 heavy (non-hydrogen) atoms. The Morgan fingerprint density at radius 1 is 1.53 bits per heavy atom. The number of carboxylic acids is 1. The van der Waals surface area contributed by atoms with Crippen molar-refractivity contribution in [3.05, 3.63) is 12.0 Å². The molecule has 0 saturated heterocycles. The zero-order valence-corrected chi connectivity index (χ0v) is 11.5. The van der Waals surface area contributed by atoms with Crippen molar-refractivity contribution >= 4 is 5.97 Å². The molecule has 0 aliphatic heterocycles. The second-order valence-electron chi connectivity index (χ2n) is 6.52. The number of nitrogens with zero attached hydrogens (tertiary/aromatic N) is 1. The van der Waals surface area contributed by atoms with Crippen LogP contribution in [0.5, 0.6) is 6.08 Å². The summed E-state index contributed by atoms with van der Waals surface area (Å²) >= 11 is 0. The van der Waals surface area contributed by atoms with E-state index in [1.165, 1.54) is 6.42 Å². The smallest absolute Gasteiger partial charge is 0.394 e. The summed E-state index contributed by atoms with van der Waals surface area (Å²) < 4.78 is 10.9. The lowest BCUT2D eigenvalue weighted by Crippen LogP contribution is -2.38. The predicted octanol–water partition coefficient (Wildman–Crippen LogP) is 2.97. The molecule has 2 bridgehead atoms. The summed E-state index contributed by atoms with van der Waals surface area (Å²) in [5.41, 5.74) is 0.248. The van der Waals surface area contributed by atoms with Crippen LogP contribution < -0.4 is 4.74 Å². The fourth-order valence-electron chi connectivity index (χ4n) is 3.84. The molecule has 3 atom stereocenters. The maximum atomic E-state index is 10.8. The highest BCUT2D eigenvalue weighted by atomic mass is 16.6. The molecule has 2 aliphatic carbocycles. The van der Waals surface area contributed by atoms with Crippen LogP contribution in [0.4, 0.5) is 0 Å². The second kappa shape index (κ2) is 3.74. The van der Waals surface area contributed by atoms with E-state index < -0.39 is 5.97 Å². The Bertz CT molecular complexity index is 521. The molecule has 2 aliphatic rings. The maximum absolute atomic E-state index is 10.8. The Labute approximate surface area is 112 Å². The standard InChI is InChI=1S/C14H19NO4/c1-13(2)8-4-5-14(13,3)10(6-8)19-12-15-9(7-18-12)11(16)17/h7-8,10H,4-6H2,1-3H3,(H,16,17). The number of carbonyl (C=O) groups is 1. The molecule has 0 aromatic carbocycles. The molecule has 5 nitrogen and oxygen atoms in total. The third-order valence-corrected chi connectivity index (χ3v) is 5.66. The number of carboxylic acid groups (broad SMARTS) is 1. The van der Waals surface area contributed by atoms with Crippen molar-refractivity contribution in [3.63, 3.8) is 0 Å². The van der Waals surface area contributed by atoms with Gasteiger partial charge in [0, 0.05) is 5.41 Å². The van der Waals surface area contributed by atoms with Crippen molar-refractivity contribution in [3.8, 4) is 6.08 Å². The average molecular weight is 265 g/mol. The number of oxazole rings is 1. The minimum Gasteiger partial charge on any atom is -0.476 e. The van der Waals surface area contributed by atoms with Gasteiger partial charge in [0.25, 0.3) is 0 Å². The minimum absolute atomic E-state index is 0.0570. The summed E-state index contributed by atoms with van der Waals surface area (Å²) in [7, 11) is 0. The lowest BCUT2D eigenvalue weighted by atomic mass is 9.70. The van der Waals surface area contributed by atoms with Crippen molar-refractivity contribution in [1.82, 2.24) is 4.98 Å². The summed E-state index contributed by atoms with van der Waals surface area (Å²) in [5.74, 6) is -0.436. The van der Waals surface area contributed by atoms with E-state index in [2.05, 4.69) is 25.8 Å². The number of ether oxygens (including phenoxy) is 1. The molecule has 5 heteroatoms. The summed E-state index contributed by atoms with van der Waals surface area (Å²) in [6.45, 7) is 6.85. The summed E-state index contributed by atoms with van der Waals surface area (Å²) in [5, 5.41) is 8.82. The fourth-order valence-corrected chi connectivity index (χ4v) is 3.84. The van der Waals surface area contributed by atoms with Crippen LogP contribution in [-0.2, 0) is 0 Å². The van der Waals surface area contributed by atoms with Crippen molar-refractivity contribution in [2.45, 2.75) is 46.1 Å². The van der Waals surface area contributed by atoms with Crippen molar-refractivity contribution in [1.29, 1.82) is 0 Å². The van der Waals surface area contributed by atoms with Gasteiger partial charge in [0.2, 0.25) is 0 Å². The van der Waals surface area contributed by atoms with E-state index >= 15 is 0 Å². The van der Waals surface area contributed by atoms with E-state index in [1.54, 1.807) is 0 Å². The van der Waals surface area contributed by atoms with Crippen LogP contribution in [-0.4, -0.2) is 22.2 Å². The first-order valence-electron chi connectivity index (χ1n) is 6.70. The molecule has 3 unspecified atom stereocenters. The first kappa shape index (κ1) is 12.5. The van der Waals surface area contributed by atoms with Gasteiger partial charge in [-0.15, -0.1) is 0 Å². The Morgan fingerprint density at radius 3 is 2.74 bits per heavy atom. The highest BCUT2D eigenvalue weighted by Gasteiger charge is 2.62. The quantitative estimate of drug-likeness (QED) is 0.909. The Hall–Kier alpha value is -1.52. The van der Waals surface area contributed by atoms with Crippen molar-refractivity contribution in [2.24, 2.45) is 16.7 Å². The molecule has 1 heterocycles. The average Bonchev–Trinajstić information content (AvgIpc) is 2.92. The number of hydrogen-bond acceptors (Lipinski definition) is 4. The number of aromatic nitrogens is 1. The topological polar surface area (TPSA) is 72.6 Å². The summed E-state index contributed by atoms with van der Waals surface area (Å²) in [6.07, 6.45) is 4.64. The van der Waals surface area contributed by atoms with Crippen LogP contribution in [0.1, 0.15) is 50.5 Å². The SMILES string of the molecule is CC1(C)C2CCC1(C)C(Oc1nc(C(=O)O)co1)C2. The molecule has 3 rings (SSSR count). The van der Waals surface area contributed by atoms with Crippen LogP contribution in [0.2, 0.25) is 0 Å². The molecule has 1 aromatic heterocycles. The van der Waals surface area contributed by atoms with Crippen LogP contribution in [0.3, 0.4) is 0 Å². The van der Waals surface area contributed by atoms with Crippen LogP contribution in [0, 0.1) is 16.7 Å². The van der Waals surface area contributed by atoms with Crippen molar-refractivity contribution < 1.29 is 19.1 Å². The van der Waals surface area contributed by atoms with E-state index in [4.69, 9.17) is 14.3 Å². The lowest BCUT2D eigenvalue weighted by Gasteiger charge is -2.38. The molecule has 0 spiro atoms. The molecule has 0 amide bonds. The van der Waals surface area contributed by atoms with Crippen LogP contribution in [0.15, 0.2) is 10.7 Å². The molecular weight excluding hydrogens is 246 g/mol. The normalized spacial score (nSPS) is 35.5. The van der Waals surface area contributed by atoms with Crippen molar-refractivity contribution in [2.75, 3.05) is 0 Å². The highest BCUT2D eigenvalue weighted by Crippen LogP contribution is 2.66. The second-order valence-corrected chi connectivity index (χ2v) is 6.52. The predicted molar refractivity (Wildman–Crippen MR) is 67.1 cm³/mol. The monoisotopic (exact) mass is 265 g/mol. The van der Waals surface area contributed by atoms with Gasteiger partial charge in [-0.05, 0) is 30.6 Å². The van der Waals surface area contributed by atoms with E-state index in [0.717, 1.165) is 19.1 Å². The van der Waals surface area contributed by atoms with Gasteiger partial charge in [-0.25, -0.2) is 4.79 Å². The van der Waals surface area contributed by atoms with E-state index in [-0.39, 0.29) is 28.7 Å². The van der Waals surface area contributed by atoms with Crippen LogP contribution >= 0.6 is 0 Å². The number of hydrogen-bond donors (Lipinski definition) is 1. The first-order chi connectivity index (χ1) is 8.84. The van der Waals surface area contributed by atoms with Gasteiger partial charge in [-0.2, -0.15) is 4.98 Å². The van der Waals surface area contributed by atoms with E-state index in [1.807, 2.05) is 0 Å². The molecule has 0 radical (unpaired) electrons. The highest BCUT2D eigenvalue weighted by molar-refractivity contribution is 5.84. The maximum Gasteiger partial charge on any atom is 0.394 e. The van der Waals surface area contributed by atoms with Gasteiger partial charge >= 0.3 is 12.0 Å². The Morgan fingerprint density at radius 2 is 2.26 bits per heavy atom. The molecule has 2 saturated carbocycles. The summed E-state index contributed by atoms with van der Waals surface area (Å²) in [4.78, 5) is 14.6. The number of rotatable bonds is 3. The van der Waals surface area contributed by atoms with E-state index in [9.17, 15) is 4.79 Å². The largest absolute Gasteiger partial charge is 0.476 e.